The normalized spacial score (nSPS) is 16.5. The van der Waals surface area contributed by atoms with E-state index in [2.05, 4.69) is 50.3 Å². The Kier molecular flexibility index (Phi) is 4.14. The zero-order chi connectivity index (χ0) is 10.6. The Morgan fingerprint density at radius 1 is 1.36 bits per heavy atom. The Morgan fingerprint density at radius 2 is 2.07 bits per heavy atom. The highest BCUT2D eigenvalue weighted by Gasteiger charge is 2.25. The first-order chi connectivity index (χ1) is 6.52. The van der Waals surface area contributed by atoms with Gasteiger partial charge in [0.05, 0.1) is 8.07 Å². The number of hydrogen-bond donors (Lipinski definition) is 0. The third-order valence-electron chi connectivity index (χ3n) is 3.05. The van der Waals surface area contributed by atoms with Crippen LogP contribution in [0.5, 0.6) is 0 Å². The summed E-state index contributed by atoms with van der Waals surface area (Å²) in [7, 11) is 3.25. The summed E-state index contributed by atoms with van der Waals surface area (Å²) in [6, 6.07) is 1.43. The van der Waals surface area contributed by atoms with Crippen LogP contribution in [0.3, 0.4) is 0 Å². The van der Waals surface area contributed by atoms with E-state index in [1.807, 2.05) is 0 Å². The quantitative estimate of drug-likeness (QED) is 0.629. The van der Waals surface area contributed by atoms with Crippen LogP contribution in [-0.4, -0.2) is 33.6 Å². The molecule has 1 aliphatic carbocycles. The van der Waals surface area contributed by atoms with Gasteiger partial charge >= 0.3 is 0 Å². The summed E-state index contributed by atoms with van der Waals surface area (Å²) in [6.45, 7) is 6.24. The van der Waals surface area contributed by atoms with Crippen molar-refractivity contribution in [3.8, 4) is 0 Å². The number of allylic oxidation sites excluding steroid dienone is 4. The Hall–Kier alpha value is -0.343. The van der Waals surface area contributed by atoms with Gasteiger partial charge in [-0.25, -0.2) is 0 Å². The van der Waals surface area contributed by atoms with Gasteiger partial charge in [0.15, 0.2) is 0 Å². The van der Waals surface area contributed by atoms with E-state index in [4.69, 9.17) is 0 Å². The highest BCUT2D eigenvalue weighted by molar-refractivity contribution is 6.84. The number of hydrogen-bond acceptors (Lipinski definition) is 1. The lowest BCUT2D eigenvalue weighted by Gasteiger charge is -2.25. The molecule has 0 saturated carbocycles. The molecule has 0 aromatic carbocycles. The summed E-state index contributed by atoms with van der Waals surface area (Å²) >= 11 is 0. The van der Waals surface area contributed by atoms with Crippen LogP contribution in [0.15, 0.2) is 23.4 Å². The molecule has 2 heteroatoms. The van der Waals surface area contributed by atoms with Gasteiger partial charge in [0.25, 0.3) is 0 Å². The molecule has 0 N–H and O–H groups in total. The lowest BCUT2D eigenvalue weighted by molar-refractivity contribution is 0.407. The predicted molar refractivity (Wildman–Crippen MR) is 67.3 cm³/mol. The molecule has 14 heavy (non-hydrogen) atoms. The topological polar surface area (TPSA) is 3.24 Å². The van der Waals surface area contributed by atoms with Crippen LogP contribution in [0.2, 0.25) is 19.1 Å². The second kappa shape index (κ2) is 4.94. The molecular formula is C12H23NSi. The summed E-state index contributed by atoms with van der Waals surface area (Å²) in [4.78, 5) is 2.28. The monoisotopic (exact) mass is 209 g/mol. The van der Waals surface area contributed by atoms with E-state index < -0.39 is 8.07 Å². The fourth-order valence-electron chi connectivity index (χ4n) is 1.95. The van der Waals surface area contributed by atoms with E-state index in [9.17, 15) is 0 Å². The van der Waals surface area contributed by atoms with Crippen LogP contribution < -0.4 is 0 Å². The third-order valence-corrected chi connectivity index (χ3v) is 6.76. The van der Waals surface area contributed by atoms with Gasteiger partial charge in [0.2, 0.25) is 0 Å². The molecule has 0 aliphatic heterocycles. The van der Waals surface area contributed by atoms with E-state index >= 15 is 0 Å². The maximum absolute atomic E-state index is 2.50. The summed E-state index contributed by atoms with van der Waals surface area (Å²) in [5.74, 6) is 0. The van der Waals surface area contributed by atoms with Crippen molar-refractivity contribution in [2.24, 2.45) is 0 Å². The zero-order valence-electron chi connectivity index (χ0n) is 10.0. The summed E-state index contributed by atoms with van der Waals surface area (Å²) in [5.41, 5.74) is 0. The second-order valence-corrected chi connectivity index (χ2v) is 10.0. The average Bonchev–Trinajstić information content (AvgIpc) is 2.54. The third kappa shape index (κ3) is 3.43. The Bertz CT molecular complexity index is 239. The van der Waals surface area contributed by atoms with E-state index in [1.165, 1.54) is 25.4 Å². The largest absolute Gasteiger partial charge is 0.309 e. The Morgan fingerprint density at radius 3 is 2.57 bits per heavy atom. The van der Waals surface area contributed by atoms with Crippen molar-refractivity contribution in [2.75, 3.05) is 20.6 Å². The highest BCUT2D eigenvalue weighted by atomic mass is 28.3. The molecule has 0 aromatic heterocycles. The molecule has 80 valence electrons. The SMILES string of the molecule is CN(C)CCC[Si](C)(C)C1=CC=CC1. The standard InChI is InChI=1S/C12H23NSi/c1-13(2)10-7-11-14(3,4)12-8-5-6-9-12/h5-6,8H,7,9-11H2,1-4H3. The minimum absolute atomic E-state index is 1.07. The molecule has 0 unspecified atom stereocenters. The molecule has 0 radical (unpaired) electrons. The summed E-state index contributed by atoms with van der Waals surface area (Å²) < 4.78 is 0. The Labute approximate surface area is 89.5 Å². The van der Waals surface area contributed by atoms with Crippen molar-refractivity contribution in [3.05, 3.63) is 23.4 Å². The van der Waals surface area contributed by atoms with Crippen LogP contribution in [0.1, 0.15) is 12.8 Å². The fourth-order valence-corrected chi connectivity index (χ4v) is 4.53. The van der Waals surface area contributed by atoms with Gasteiger partial charge in [-0.05, 0) is 33.5 Å². The minimum atomic E-state index is -1.07. The molecule has 0 amide bonds. The predicted octanol–water partition coefficient (Wildman–Crippen LogP) is 3.07. The van der Waals surface area contributed by atoms with Crippen molar-refractivity contribution in [2.45, 2.75) is 32.0 Å². The number of rotatable bonds is 5. The summed E-state index contributed by atoms with van der Waals surface area (Å²) in [5, 5.41) is 1.73. The van der Waals surface area contributed by atoms with Gasteiger partial charge < -0.3 is 4.90 Å². The van der Waals surface area contributed by atoms with Gasteiger partial charge in [-0.15, -0.1) is 0 Å². The van der Waals surface area contributed by atoms with E-state index in [1.54, 1.807) is 5.20 Å². The van der Waals surface area contributed by atoms with Crippen LogP contribution in [0.4, 0.5) is 0 Å². The zero-order valence-corrected chi connectivity index (χ0v) is 11.0. The molecule has 0 aromatic rings. The van der Waals surface area contributed by atoms with E-state index in [-0.39, 0.29) is 0 Å². The smallest absolute Gasteiger partial charge is 0.0759 e. The lowest BCUT2D eigenvalue weighted by atomic mass is 10.4. The van der Waals surface area contributed by atoms with Crippen molar-refractivity contribution in [1.82, 2.24) is 4.90 Å². The van der Waals surface area contributed by atoms with E-state index in [0.29, 0.717) is 0 Å². The van der Waals surface area contributed by atoms with Crippen molar-refractivity contribution in [3.63, 3.8) is 0 Å². The van der Waals surface area contributed by atoms with Crippen LogP contribution in [0.25, 0.3) is 0 Å². The molecule has 0 saturated heterocycles. The molecule has 1 aliphatic rings. The summed E-state index contributed by atoms with van der Waals surface area (Å²) in [6.07, 6.45) is 9.43. The lowest BCUT2D eigenvalue weighted by Crippen LogP contribution is -2.29. The van der Waals surface area contributed by atoms with Gasteiger partial charge in [-0.2, -0.15) is 0 Å². The molecular weight excluding hydrogens is 186 g/mol. The number of nitrogens with zero attached hydrogens (tertiary/aromatic N) is 1. The maximum atomic E-state index is 2.50. The molecule has 0 spiro atoms. The van der Waals surface area contributed by atoms with E-state index in [0.717, 1.165) is 0 Å². The van der Waals surface area contributed by atoms with Crippen LogP contribution in [0, 0.1) is 0 Å². The minimum Gasteiger partial charge on any atom is -0.309 e. The van der Waals surface area contributed by atoms with Gasteiger partial charge in [0, 0.05) is 0 Å². The average molecular weight is 209 g/mol. The molecule has 0 atom stereocenters. The first-order valence-corrected chi connectivity index (χ1v) is 8.74. The van der Waals surface area contributed by atoms with Gasteiger partial charge in [-0.1, -0.05) is 42.6 Å². The first kappa shape index (κ1) is 11.7. The molecule has 1 rings (SSSR count). The Balaban J connectivity index is 2.34. The first-order valence-electron chi connectivity index (χ1n) is 5.53. The highest BCUT2D eigenvalue weighted by Crippen LogP contribution is 2.27. The molecule has 1 nitrogen and oxygen atoms in total. The van der Waals surface area contributed by atoms with Crippen molar-refractivity contribution in [1.29, 1.82) is 0 Å². The molecule has 0 heterocycles. The van der Waals surface area contributed by atoms with Crippen molar-refractivity contribution < 1.29 is 0 Å². The fraction of sp³-hybridized carbons (Fsp3) is 0.667. The molecule has 0 bridgehead atoms. The van der Waals surface area contributed by atoms with Gasteiger partial charge in [0.1, 0.15) is 0 Å². The maximum Gasteiger partial charge on any atom is 0.0759 e. The van der Waals surface area contributed by atoms with Crippen LogP contribution in [-0.2, 0) is 0 Å². The molecule has 0 fully saturated rings. The second-order valence-electron chi connectivity index (χ2n) is 5.11. The van der Waals surface area contributed by atoms with Gasteiger partial charge in [-0.3, -0.25) is 0 Å². The van der Waals surface area contributed by atoms with Crippen molar-refractivity contribution >= 4 is 8.07 Å². The van der Waals surface area contributed by atoms with Crippen LogP contribution >= 0.6 is 0 Å².